The van der Waals surface area contributed by atoms with Gasteiger partial charge in [-0.05, 0) is 19.3 Å². The Hall–Kier alpha value is -1.63. The van der Waals surface area contributed by atoms with Crippen LogP contribution in [0.25, 0.3) is 0 Å². The predicted molar refractivity (Wildman–Crippen MR) is 251 cm³/mol. The molecule has 0 bridgehead atoms. The smallest absolute Gasteiger partial charge is 0.338 e. The first-order valence-electron chi connectivity index (χ1n) is 26.7. The molecule has 1 heterocycles. The van der Waals surface area contributed by atoms with Gasteiger partial charge in [-0.15, -0.1) is 0 Å². The van der Waals surface area contributed by atoms with Gasteiger partial charge in [0.25, 0.3) is 0 Å². The van der Waals surface area contributed by atoms with E-state index in [-0.39, 0.29) is 31.3 Å². The normalized spacial score (nSPS) is 14.8. The minimum absolute atomic E-state index is 0.106. The topological polar surface area (TPSA) is 91.4 Å². The molecular weight excluding hydrogens is 749 g/mol. The number of hydrogen-bond donors (Lipinski definition) is 0. The maximum atomic E-state index is 13.0. The molecule has 354 valence electrons. The van der Waals surface area contributed by atoms with Crippen molar-refractivity contribution in [3.05, 3.63) is 0 Å². The predicted octanol–water partition coefficient (Wildman–Crippen LogP) is 16.2. The van der Waals surface area contributed by atoms with E-state index in [1.807, 2.05) is 0 Å². The summed E-state index contributed by atoms with van der Waals surface area (Å²) in [5.41, 5.74) is 0. The third kappa shape index (κ3) is 38.1. The molecular formula is C53H100O7. The average Bonchev–Trinajstić information content (AvgIpc) is 4.03. The molecule has 1 saturated heterocycles. The van der Waals surface area contributed by atoms with Crippen LogP contribution in [0.3, 0.4) is 0 Å². The van der Waals surface area contributed by atoms with E-state index in [2.05, 4.69) is 20.8 Å². The summed E-state index contributed by atoms with van der Waals surface area (Å²) >= 11 is 0. The van der Waals surface area contributed by atoms with Gasteiger partial charge in [0, 0.05) is 12.8 Å². The number of unbranched alkanes of at least 4 members (excludes halogenated alkanes) is 36. The molecule has 1 aliphatic rings. The van der Waals surface area contributed by atoms with Crippen molar-refractivity contribution in [1.82, 2.24) is 0 Å². The molecule has 0 aromatic carbocycles. The highest BCUT2D eigenvalue weighted by atomic mass is 16.7. The van der Waals surface area contributed by atoms with Crippen LogP contribution in [0.4, 0.5) is 0 Å². The van der Waals surface area contributed by atoms with Crippen LogP contribution in [0.15, 0.2) is 0 Å². The second-order valence-corrected chi connectivity index (χ2v) is 18.5. The van der Waals surface area contributed by atoms with E-state index < -0.39 is 18.2 Å². The van der Waals surface area contributed by atoms with E-state index in [0.29, 0.717) is 12.8 Å². The molecule has 1 rings (SSSR count). The van der Waals surface area contributed by atoms with Crippen molar-refractivity contribution in [1.29, 1.82) is 0 Å². The Kier molecular flexibility index (Phi) is 41.3. The molecule has 0 saturated carbocycles. The molecule has 1 aliphatic heterocycles. The maximum Gasteiger partial charge on any atom is 0.338 e. The van der Waals surface area contributed by atoms with Gasteiger partial charge in [0.2, 0.25) is 0 Å². The number of esters is 3. The first kappa shape index (κ1) is 56.4. The standard InChI is InChI=1S/C53H100O7/c1-4-7-10-13-16-19-22-25-28-31-34-37-40-43-49-52(60-49)53(56)59-48(46-57-50(54)44-41-38-35-32-29-26-23-20-17-14-11-8-5-2)47-58-51(55)45-42-39-36-33-30-27-24-21-18-15-12-9-6-3/h48-49,52H,4-47H2,1-3H3. The second-order valence-electron chi connectivity index (χ2n) is 18.5. The van der Waals surface area contributed by atoms with Crippen molar-refractivity contribution in [2.75, 3.05) is 13.2 Å². The maximum absolute atomic E-state index is 13.0. The van der Waals surface area contributed by atoms with Crippen LogP contribution in [-0.4, -0.2) is 49.4 Å². The van der Waals surface area contributed by atoms with E-state index in [1.165, 1.54) is 199 Å². The lowest BCUT2D eigenvalue weighted by Gasteiger charge is -2.18. The summed E-state index contributed by atoms with van der Waals surface area (Å²) in [6.45, 7) is 6.59. The molecule has 2 atom stereocenters. The van der Waals surface area contributed by atoms with Crippen molar-refractivity contribution >= 4 is 17.9 Å². The Bertz CT molecular complexity index is 908. The van der Waals surface area contributed by atoms with Crippen LogP contribution >= 0.6 is 0 Å². The fourth-order valence-corrected chi connectivity index (χ4v) is 8.37. The van der Waals surface area contributed by atoms with Crippen LogP contribution in [0.1, 0.15) is 290 Å². The molecule has 0 aromatic heterocycles. The Morgan fingerprint density at radius 3 is 0.950 bits per heavy atom. The zero-order chi connectivity index (χ0) is 43.4. The summed E-state index contributed by atoms with van der Waals surface area (Å²) in [6, 6.07) is 0. The molecule has 0 radical (unpaired) electrons. The van der Waals surface area contributed by atoms with Gasteiger partial charge in [-0.1, -0.05) is 258 Å². The molecule has 0 N–H and O–H groups in total. The highest BCUT2D eigenvalue weighted by Crippen LogP contribution is 2.29. The number of epoxide rings is 1. The zero-order valence-corrected chi connectivity index (χ0v) is 40.2. The Labute approximate surface area is 372 Å². The summed E-state index contributed by atoms with van der Waals surface area (Å²) in [6.07, 6.45) is 49.6. The summed E-state index contributed by atoms with van der Waals surface area (Å²) in [4.78, 5) is 38.3. The van der Waals surface area contributed by atoms with Gasteiger partial charge in [0.05, 0.1) is 6.10 Å². The monoisotopic (exact) mass is 849 g/mol. The molecule has 7 heteroatoms. The molecule has 7 nitrogen and oxygen atoms in total. The minimum atomic E-state index is -0.829. The lowest BCUT2D eigenvalue weighted by molar-refractivity contribution is -0.167. The van der Waals surface area contributed by atoms with Crippen molar-refractivity contribution in [3.63, 3.8) is 0 Å². The largest absolute Gasteiger partial charge is 0.462 e. The van der Waals surface area contributed by atoms with Gasteiger partial charge in [-0.25, -0.2) is 4.79 Å². The first-order chi connectivity index (χ1) is 29.5. The number of hydrogen-bond acceptors (Lipinski definition) is 7. The Morgan fingerprint density at radius 2 is 0.650 bits per heavy atom. The van der Waals surface area contributed by atoms with Gasteiger partial charge in [-0.2, -0.15) is 0 Å². The van der Waals surface area contributed by atoms with E-state index in [1.54, 1.807) is 0 Å². The zero-order valence-electron chi connectivity index (χ0n) is 40.2. The van der Waals surface area contributed by atoms with E-state index in [0.717, 1.165) is 57.8 Å². The fourth-order valence-electron chi connectivity index (χ4n) is 8.37. The van der Waals surface area contributed by atoms with Crippen molar-refractivity contribution in [2.24, 2.45) is 0 Å². The lowest BCUT2D eigenvalue weighted by atomic mass is 10.0. The third-order valence-electron chi connectivity index (χ3n) is 12.5. The summed E-state index contributed by atoms with van der Waals surface area (Å²) < 4.78 is 22.6. The Morgan fingerprint density at radius 1 is 0.383 bits per heavy atom. The molecule has 60 heavy (non-hydrogen) atoms. The summed E-state index contributed by atoms with van der Waals surface area (Å²) in [5.74, 6) is -1.03. The van der Waals surface area contributed by atoms with Crippen LogP contribution < -0.4 is 0 Å². The average molecular weight is 849 g/mol. The van der Waals surface area contributed by atoms with Crippen molar-refractivity contribution in [3.8, 4) is 0 Å². The SMILES string of the molecule is CCCCCCCCCCCCCCCC(=O)OCC(COC(=O)CCCCCCCCCCCCCCC)OC(=O)C1OC1CCCCCCCCCCCCCCC. The highest BCUT2D eigenvalue weighted by molar-refractivity contribution is 5.78. The number of carbonyl (C=O) groups is 3. The van der Waals surface area contributed by atoms with Gasteiger partial charge >= 0.3 is 17.9 Å². The second kappa shape index (κ2) is 44.0. The molecule has 0 aliphatic carbocycles. The number of rotatable bonds is 48. The fraction of sp³-hybridized carbons (Fsp3) is 0.943. The van der Waals surface area contributed by atoms with Crippen LogP contribution in [0.5, 0.6) is 0 Å². The van der Waals surface area contributed by atoms with Crippen molar-refractivity contribution < 1.29 is 33.3 Å². The molecule has 1 fully saturated rings. The quantitative estimate of drug-likeness (QED) is 0.0261. The summed E-state index contributed by atoms with van der Waals surface area (Å²) in [5, 5.41) is 0. The Balaban J connectivity index is 2.30. The van der Waals surface area contributed by atoms with Gasteiger partial charge in [-0.3, -0.25) is 9.59 Å². The van der Waals surface area contributed by atoms with E-state index in [9.17, 15) is 14.4 Å². The van der Waals surface area contributed by atoms with Crippen LogP contribution in [0, 0.1) is 0 Å². The van der Waals surface area contributed by atoms with Gasteiger partial charge < -0.3 is 18.9 Å². The number of carbonyl (C=O) groups excluding carboxylic acids is 3. The van der Waals surface area contributed by atoms with Gasteiger partial charge in [0.1, 0.15) is 13.2 Å². The molecule has 0 aromatic rings. The van der Waals surface area contributed by atoms with Crippen molar-refractivity contribution in [2.45, 2.75) is 309 Å². The first-order valence-corrected chi connectivity index (χ1v) is 26.7. The number of ether oxygens (including phenoxy) is 4. The van der Waals surface area contributed by atoms with Crippen LogP contribution in [0.2, 0.25) is 0 Å². The third-order valence-corrected chi connectivity index (χ3v) is 12.5. The summed E-state index contributed by atoms with van der Waals surface area (Å²) in [7, 11) is 0. The molecule has 2 unspecified atom stereocenters. The van der Waals surface area contributed by atoms with E-state index >= 15 is 0 Å². The van der Waals surface area contributed by atoms with Gasteiger partial charge in [0.15, 0.2) is 12.2 Å². The highest BCUT2D eigenvalue weighted by Gasteiger charge is 2.46. The molecule has 0 amide bonds. The minimum Gasteiger partial charge on any atom is -0.462 e. The lowest BCUT2D eigenvalue weighted by Crippen LogP contribution is -2.32. The van der Waals surface area contributed by atoms with E-state index in [4.69, 9.17) is 18.9 Å². The van der Waals surface area contributed by atoms with Crippen LogP contribution in [-0.2, 0) is 33.3 Å². The molecule has 0 spiro atoms.